The van der Waals surface area contributed by atoms with E-state index in [0.717, 1.165) is 37.1 Å². The van der Waals surface area contributed by atoms with Gasteiger partial charge in [0.25, 0.3) is 0 Å². The summed E-state index contributed by atoms with van der Waals surface area (Å²) < 4.78 is 2.13. The Morgan fingerprint density at radius 1 is 1.16 bits per heavy atom. The molecule has 0 bridgehead atoms. The molecule has 0 saturated heterocycles. The van der Waals surface area contributed by atoms with Crippen molar-refractivity contribution in [1.82, 2.24) is 14.8 Å². The Hall–Kier alpha value is -2.53. The molecule has 1 amide bonds. The third-order valence-electron chi connectivity index (χ3n) is 5.17. The van der Waals surface area contributed by atoms with Crippen molar-refractivity contribution in [3.05, 3.63) is 58.1 Å². The molecule has 0 radical (unpaired) electrons. The van der Waals surface area contributed by atoms with Crippen LogP contribution in [0, 0.1) is 11.3 Å². The number of thioether (sulfide) groups is 1. The van der Waals surface area contributed by atoms with Crippen molar-refractivity contribution >= 4 is 46.6 Å². The molecule has 1 fully saturated rings. The molecule has 0 aliphatic heterocycles. The van der Waals surface area contributed by atoms with E-state index in [0.29, 0.717) is 32.5 Å². The summed E-state index contributed by atoms with van der Waals surface area (Å²) >= 11 is 13.8. The van der Waals surface area contributed by atoms with Crippen LogP contribution in [0.2, 0.25) is 10.0 Å². The van der Waals surface area contributed by atoms with Crippen LogP contribution >= 0.6 is 35.0 Å². The first-order valence-corrected chi connectivity index (χ1v) is 11.6. The topological polar surface area (TPSA) is 83.6 Å². The van der Waals surface area contributed by atoms with Crippen molar-refractivity contribution in [3.63, 3.8) is 0 Å². The second-order valence-electron chi connectivity index (χ2n) is 7.24. The van der Waals surface area contributed by atoms with Gasteiger partial charge in [0.15, 0.2) is 11.0 Å². The van der Waals surface area contributed by atoms with Gasteiger partial charge in [0.1, 0.15) is 6.07 Å². The first-order chi connectivity index (χ1) is 15.1. The highest BCUT2D eigenvalue weighted by atomic mass is 35.5. The molecule has 158 valence electrons. The van der Waals surface area contributed by atoms with Gasteiger partial charge in [0.05, 0.1) is 21.4 Å². The summed E-state index contributed by atoms with van der Waals surface area (Å²) in [6.45, 7) is 0. The molecule has 31 heavy (non-hydrogen) atoms. The van der Waals surface area contributed by atoms with Crippen LogP contribution in [0.4, 0.5) is 5.69 Å². The van der Waals surface area contributed by atoms with Crippen LogP contribution in [0.1, 0.15) is 37.3 Å². The number of anilines is 1. The Bertz CT molecular complexity index is 1150. The second-order valence-corrected chi connectivity index (χ2v) is 8.99. The predicted molar refractivity (Wildman–Crippen MR) is 123 cm³/mol. The maximum atomic E-state index is 12.5. The molecule has 9 heteroatoms. The Labute approximate surface area is 194 Å². The summed E-state index contributed by atoms with van der Waals surface area (Å²) in [5.41, 5.74) is 1.75. The lowest BCUT2D eigenvalue weighted by Gasteiger charge is -2.17. The molecular weight excluding hydrogens is 453 g/mol. The lowest BCUT2D eigenvalue weighted by molar-refractivity contribution is -0.113. The zero-order chi connectivity index (χ0) is 21.8. The molecule has 1 aliphatic rings. The highest BCUT2D eigenvalue weighted by Gasteiger charge is 2.26. The minimum absolute atomic E-state index is 0.172. The zero-order valence-corrected chi connectivity index (χ0v) is 18.8. The van der Waals surface area contributed by atoms with E-state index in [1.54, 1.807) is 18.2 Å². The van der Waals surface area contributed by atoms with Gasteiger partial charge in [-0.25, -0.2) is 0 Å². The van der Waals surface area contributed by atoms with E-state index in [9.17, 15) is 4.79 Å². The zero-order valence-electron chi connectivity index (χ0n) is 16.5. The highest BCUT2D eigenvalue weighted by molar-refractivity contribution is 7.99. The van der Waals surface area contributed by atoms with E-state index in [1.807, 2.05) is 30.3 Å². The highest BCUT2D eigenvalue weighted by Crippen LogP contribution is 2.38. The first kappa shape index (κ1) is 21.7. The summed E-state index contributed by atoms with van der Waals surface area (Å²) in [6.07, 6.45) is 4.43. The molecule has 0 spiro atoms. The number of nitrogens with one attached hydrogen (secondary N) is 1. The number of hydrogen-bond acceptors (Lipinski definition) is 5. The molecule has 1 aliphatic carbocycles. The van der Waals surface area contributed by atoms with Gasteiger partial charge in [0.2, 0.25) is 5.91 Å². The monoisotopic (exact) mass is 471 g/mol. The minimum Gasteiger partial charge on any atom is -0.325 e. The van der Waals surface area contributed by atoms with Gasteiger partial charge in [0, 0.05) is 17.3 Å². The third kappa shape index (κ3) is 4.87. The number of nitriles is 1. The summed E-state index contributed by atoms with van der Waals surface area (Å²) in [6, 6.07) is 14.7. The number of carbonyl (C=O) groups excluding carboxylic acids is 1. The largest absolute Gasteiger partial charge is 0.325 e. The van der Waals surface area contributed by atoms with Crippen LogP contribution in [-0.4, -0.2) is 26.4 Å². The average molecular weight is 472 g/mol. The van der Waals surface area contributed by atoms with E-state index in [1.165, 1.54) is 11.8 Å². The van der Waals surface area contributed by atoms with Crippen molar-refractivity contribution < 1.29 is 4.79 Å². The maximum Gasteiger partial charge on any atom is 0.234 e. The quantitative estimate of drug-likeness (QED) is 0.447. The normalized spacial score (nSPS) is 13.8. The number of amides is 1. The van der Waals surface area contributed by atoms with Crippen molar-refractivity contribution in [2.45, 2.75) is 36.9 Å². The fraction of sp³-hybridized carbons (Fsp3) is 0.273. The van der Waals surface area contributed by atoms with Crippen molar-refractivity contribution in [3.8, 4) is 17.5 Å². The van der Waals surface area contributed by atoms with Crippen molar-refractivity contribution in [2.24, 2.45) is 0 Å². The van der Waals surface area contributed by atoms with Crippen LogP contribution in [0.15, 0.2) is 47.6 Å². The van der Waals surface area contributed by atoms with Gasteiger partial charge in [-0.15, -0.1) is 10.2 Å². The molecule has 1 N–H and O–H groups in total. The van der Waals surface area contributed by atoms with Crippen LogP contribution < -0.4 is 5.32 Å². The molecular formula is C22H19Cl2N5OS. The van der Waals surface area contributed by atoms with Crippen LogP contribution in [0.5, 0.6) is 0 Å². The lowest BCUT2D eigenvalue weighted by atomic mass is 10.2. The molecule has 1 aromatic heterocycles. The third-order valence-corrected chi connectivity index (χ3v) is 6.76. The Kier molecular flexibility index (Phi) is 6.81. The van der Waals surface area contributed by atoms with Crippen LogP contribution in [-0.2, 0) is 4.79 Å². The number of hydrogen-bond donors (Lipinski definition) is 1. The minimum atomic E-state index is -0.189. The average Bonchev–Trinajstić information content (AvgIpc) is 3.42. The van der Waals surface area contributed by atoms with Gasteiger partial charge in [-0.2, -0.15) is 5.26 Å². The smallest absolute Gasteiger partial charge is 0.234 e. The van der Waals surface area contributed by atoms with Crippen LogP contribution in [0.3, 0.4) is 0 Å². The molecule has 1 saturated carbocycles. The van der Waals surface area contributed by atoms with E-state index in [-0.39, 0.29) is 11.7 Å². The summed E-state index contributed by atoms with van der Waals surface area (Å²) in [4.78, 5) is 12.5. The molecule has 0 unspecified atom stereocenters. The molecule has 2 aromatic carbocycles. The lowest BCUT2D eigenvalue weighted by Crippen LogP contribution is -2.15. The second kappa shape index (κ2) is 9.73. The van der Waals surface area contributed by atoms with E-state index in [4.69, 9.17) is 28.5 Å². The van der Waals surface area contributed by atoms with E-state index in [2.05, 4.69) is 20.1 Å². The SMILES string of the molecule is N#Cc1ccc(NC(=O)CSc2nnc(-c3ccccc3Cl)n2C2CCCC2)cc1Cl. The van der Waals surface area contributed by atoms with Gasteiger partial charge in [-0.1, -0.05) is 59.9 Å². The molecule has 6 nitrogen and oxygen atoms in total. The van der Waals surface area contributed by atoms with Gasteiger partial charge >= 0.3 is 0 Å². The standard InChI is InChI=1S/C22H19Cl2N5OS/c23-18-8-4-3-7-17(18)21-27-28-22(29(21)16-5-1-2-6-16)31-13-20(30)26-15-10-9-14(12-25)19(24)11-15/h3-4,7-11,16H,1-2,5-6,13H2,(H,26,30). The number of nitrogens with zero attached hydrogens (tertiary/aromatic N) is 4. The number of aromatic nitrogens is 3. The van der Waals surface area contributed by atoms with Gasteiger partial charge in [-0.3, -0.25) is 9.36 Å². The maximum absolute atomic E-state index is 12.5. The Morgan fingerprint density at radius 2 is 1.94 bits per heavy atom. The summed E-state index contributed by atoms with van der Waals surface area (Å²) in [5.74, 6) is 0.718. The van der Waals surface area contributed by atoms with Crippen molar-refractivity contribution in [1.29, 1.82) is 5.26 Å². The van der Waals surface area contributed by atoms with Crippen molar-refractivity contribution in [2.75, 3.05) is 11.1 Å². The Balaban J connectivity index is 1.52. The first-order valence-electron chi connectivity index (χ1n) is 9.89. The fourth-order valence-corrected chi connectivity index (χ4v) is 4.95. The number of rotatable bonds is 6. The van der Waals surface area contributed by atoms with Gasteiger partial charge in [-0.05, 0) is 43.2 Å². The van der Waals surface area contributed by atoms with Crippen LogP contribution in [0.25, 0.3) is 11.4 Å². The number of halogens is 2. The van der Waals surface area contributed by atoms with Gasteiger partial charge < -0.3 is 5.32 Å². The van der Waals surface area contributed by atoms with E-state index >= 15 is 0 Å². The van der Waals surface area contributed by atoms with E-state index < -0.39 is 0 Å². The Morgan fingerprint density at radius 3 is 2.65 bits per heavy atom. The molecule has 3 aromatic rings. The molecule has 0 atom stereocenters. The molecule has 4 rings (SSSR count). The number of benzene rings is 2. The molecule has 1 heterocycles. The fourth-order valence-electron chi connectivity index (χ4n) is 3.70. The summed E-state index contributed by atoms with van der Waals surface area (Å²) in [7, 11) is 0. The predicted octanol–water partition coefficient (Wildman–Crippen LogP) is 5.97. The summed E-state index contributed by atoms with van der Waals surface area (Å²) in [5, 5.41) is 22.2. The number of carbonyl (C=O) groups is 1.